The molecule has 158 valence electrons. The van der Waals surface area contributed by atoms with E-state index < -0.39 is 0 Å². The lowest BCUT2D eigenvalue weighted by Crippen LogP contribution is -2.48. The van der Waals surface area contributed by atoms with Gasteiger partial charge in [0, 0.05) is 37.3 Å². The van der Waals surface area contributed by atoms with Gasteiger partial charge in [-0.05, 0) is 54.5 Å². The van der Waals surface area contributed by atoms with Gasteiger partial charge in [0.05, 0.1) is 0 Å². The number of carbonyl (C=O) groups is 1. The fourth-order valence-electron chi connectivity index (χ4n) is 4.76. The summed E-state index contributed by atoms with van der Waals surface area (Å²) < 4.78 is 0. The van der Waals surface area contributed by atoms with E-state index in [-0.39, 0.29) is 5.91 Å². The molecule has 0 N–H and O–H groups in total. The summed E-state index contributed by atoms with van der Waals surface area (Å²) in [5.74, 6) is 0.212. The summed E-state index contributed by atoms with van der Waals surface area (Å²) in [7, 11) is 0. The monoisotopic (exact) mass is 410 g/mol. The highest BCUT2D eigenvalue weighted by Crippen LogP contribution is 2.34. The number of hydrogen-bond donors (Lipinski definition) is 0. The molecule has 1 saturated carbocycles. The van der Waals surface area contributed by atoms with Gasteiger partial charge in [-0.15, -0.1) is 0 Å². The molecule has 0 atom stereocenters. The van der Waals surface area contributed by atoms with E-state index in [0.29, 0.717) is 12.1 Å². The van der Waals surface area contributed by atoms with E-state index in [1.165, 1.54) is 11.1 Å². The summed E-state index contributed by atoms with van der Waals surface area (Å²) in [4.78, 5) is 18.2. The minimum atomic E-state index is 0.212. The molecule has 1 aliphatic heterocycles. The minimum absolute atomic E-state index is 0.212. The van der Waals surface area contributed by atoms with E-state index in [2.05, 4.69) is 64.4 Å². The zero-order chi connectivity index (χ0) is 21.0. The Hall–Kier alpha value is -2.91. The van der Waals surface area contributed by atoms with Crippen molar-refractivity contribution >= 4 is 5.91 Å². The Kier molecular flexibility index (Phi) is 5.86. The van der Waals surface area contributed by atoms with Crippen LogP contribution in [-0.4, -0.2) is 40.9 Å². The van der Waals surface area contributed by atoms with Crippen LogP contribution in [0.2, 0.25) is 0 Å². The van der Waals surface area contributed by atoms with Gasteiger partial charge < -0.3 is 4.90 Å². The maximum Gasteiger partial charge on any atom is 0.254 e. The van der Waals surface area contributed by atoms with Gasteiger partial charge in [-0.25, -0.2) is 0 Å². The number of piperidine rings is 1. The zero-order valence-electron chi connectivity index (χ0n) is 18.0. The lowest BCUT2D eigenvalue weighted by Gasteiger charge is -2.39. The number of rotatable bonds is 6. The largest absolute Gasteiger partial charge is 0.333 e. The summed E-state index contributed by atoms with van der Waals surface area (Å²) in [6.07, 6.45) is 4.44. The Morgan fingerprint density at radius 2 is 1.26 bits per heavy atom. The van der Waals surface area contributed by atoms with Gasteiger partial charge in [0.25, 0.3) is 5.91 Å². The van der Waals surface area contributed by atoms with Crippen LogP contribution in [0.15, 0.2) is 84.9 Å². The molecule has 31 heavy (non-hydrogen) atoms. The number of amides is 1. The first-order valence-electron chi connectivity index (χ1n) is 11.5. The first kappa shape index (κ1) is 20.0. The molecule has 0 unspecified atom stereocenters. The predicted octanol–water partition coefficient (Wildman–Crippen LogP) is 5.62. The Bertz CT molecular complexity index is 988. The average Bonchev–Trinajstić information content (AvgIpc) is 3.67. The Labute approximate surface area is 185 Å². The molecule has 0 radical (unpaired) electrons. The van der Waals surface area contributed by atoms with Crippen LogP contribution in [0.3, 0.4) is 0 Å². The smallest absolute Gasteiger partial charge is 0.254 e. The highest BCUT2D eigenvalue weighted by Gasteiger charge is 2.38. The highest BCUT2D eigenvalue weighted by molar-refractivity contribution is 5.95. The van der Waals surface area contributed by atoms with E-state index in [1.807, 2.05) is 30.3 Å². The van der Waals surface area contributed by atoms with Crippen LogP contribution in [0.25, 0.3) is 11.1 Å². The lowest BCUT2D eigenvalue weighted by atomic mass is 9.99. The second kappa shape index (κ2) is 9.07. The average molecular weight is 411 g/mol. The quantitative estimate of drug-likeness (QED) is 0.526. The lowest BCUT2D eigenvalue weighted by molar-refractivity contribution is 0.0542. The number of likely N-dealkylation sites (tertiary alicyclic amines) is 1. The second-order valence-electron chi connectivity index (χ2n) is 8.88. The van der Waals surface area contributed by atoms with Gasteiger partial charge in [0.2, 0.25) is 0 Å². The number of hydrogen-bond acceptors (Lipinski definition) is 2. The van der Waals surface area contributed by atoms with E-state index in [1.54, 1.807) is 0 Å². The van der Waals surface area contributed by atoms with Gasteiger partial charge in [-0.2, -0.15) is 0 Å². The van der Waals surface area contributed by atoms with Gasteiger partial charge >= 0.3 is 0 Å². The van der Waals surface area contributed by atoms with Crippen LogP contribution in [0.1, 0.15) is 41.6 Å². The third-order valence-corrected chi connectivity index (χ3v) is 6.61. The Morgan fingerprint density at radius 1 is 0.710 bits per heavy atom. The molecule has 3 aromatic rings. The van der Waals surface area contributed by atoms with Crippen molar-refractivity contribution in [2.45, 2.75) is 44.3 Å². The third-order valence-electron chi connectivity index (χ3n) is 6.61. The molecule has 1 amide bonds. The van der Waals surface area contributed by atoms with Crippen molar-refractivity contribution in [1.82, 2.24) is 9.80 Å². The summed E-state index contributed by atoms with van der Waals surface area (Å²) >= 11 is 0. The first-order valence-corrected chi connectivity index (χ1v) is 11.5. The van der Waals surface area contributed by atoms with Crippen LogP contribution >= 0.6 is 0 Å². The predicted molar refractivity (Wildman–Crippen MR) is 126 cm³/mol. The fourth-order valence-corrected chi connectivity index (χ4v) is 4.76. The molecule has 1 saturated heterocycles. The van der Waals surface area contributed by atoms with Crippen molar-refractivity contribution in [3.8, 4) is 11.1 Å². The van der Waals surface area contributed by atoms with Crippen LogP contribution in [0.4, 0.5) is 0 Å². The van der Waals surface area contributed by atoms with Crippen molar-refractivity contribution in [3.63, 3.8) is 0 Å². The molecule has 2 fully saturated rings. The third kappa shape index (κ3) is 4.72. The van der Waals surface area contributed by atoms with Gasteiger partial charge in [-0.3, -0.25) is 9.69 Å². The van der Waals surface area contributed by atoms with Gasteiger partial charge in [0.1, 0.15) is 0 Å². The van der Waals surface area contributed by atoms with Crippen molar-refractivity contribution in [2.75, 3.05) is 13.1 Å². The van der Waals surface area contributed by atoms with E-state index in [0.717, 1.165) is 56.4 Å². The fraction of sp³-hybridized carbons (Fsp3) is 0.321. The molecule has 0 aromatic heterocycles. The normalized spacial score (nSPS) is 17.4. The van der Waals surface area contributed by atoms with E-state index in [9.17, 15) is 4.79 Å². The number of benzene rings is 3. The molecule has 3 nitrogen and oxygen atoms in total. The molecule has 0 bridgehead atoms. The molecule has 1 heterocycles. The minimum Gasteiger partial charge on any atom is -0.333 e. The molecular formula is C28H30N2O. The van der Waals surface area contributed by atoms with E-state index >= 15 is 0 Å². The van der Waals surface area contributed by atoms with Crippen molar-refractivity contribution in [1.29, 1.82) is 0 Å². The maximum absolute atomic E-state index is 13.5. The van der Waals surface area contributed by atoms with Crippen LogP contribution < -0.4 is 0 Å². The van der Waals surface area contributed by atoms with Crippen LogP contribution in [-0.2, 0) is 6.54 Å². The Balaban J connectivity index is 1.24. The molecule has 3 heteroatoms. The van der Waals surface area contributed by atoms with E-state index in [4.69, 9.17) is 0 Å². The SMILES string of the molecule is O=C(c1ccc(-c2ccccc2)cc1)N(C1CC1)C1CCN(Cc2ccccc2)CC1. The van der Waals surface area contributed by atoms with Crippen molar-refractivity contribution < 1.29 is 4.79 Å². The number of nitrogens with zero attached hydrogens (tertiary/aromatic N) is 2. The van der Waals surface area contributed by atoms with Gasteiger partial charge in [0.15, 0.2) is 0 Å². The topological polar surface area (TPSA) is 23.6 Å². The summed E-state index contributed by atoms with van der Waals surface area (Å²) in [6, 6.07) is 30.0. The number of carbonyl (C=O) groups excluding carboxylic acids is 1. The van der Waals surface area contributed by atoms with Gasteiger partial charge in [-0.1, -0.05) is 72.8 Å². The standard InChI is InChI=1S/C28H30N2O/c31-28(25-13-11-24(12-14-25)23-9-5-2-6-10-23)30(26-15-16-26)27-17-19-29(20-18-27)21-22-7-3-1-4-8-22/h1-14,26-27H,15-21H2. The molecule has 2 aliphatic rings. The molecule has 5 rings (SSSR count). The second-order valence-corrected chi connectivity index (χ2v) is 8.88. The zero-order valence-corrected chi connectivity index (χ0v) is 18.0. The molecular weight excluding hydrogens is 380 g/mol. The molecule has 1 aliphatic carbocycles. The van der Waals surface area contributed by atoms with Crippen LogP contribution in [0.5, 0.6) is 0 Å². The Morgan fingerprint density at radius 3 is 1.87 bits per heavy atom. The van der Waals surface area contributed by atoms with Crippen molar-refractivity contribution in [3.05, 3.63) is 96.1 Å². The maximum atomic E-state index is 13.5. The summed E-state index contributed by atoms with van der Waals surface area (Å²) in [5.41, 5.74) is 4.53. The summed E-state index contributed by atoms with van der Waals surface area (Å²) in [6.45, 7) is 3.12. The first-order chi connectivity index (χ1) is 15.3. The van der Waals surface area contributed by atoms with Crippen molar-refractivity contribution in [2.24, 2.45) is 0 Å². The summed E-state index contributed by atoms with van der Waals surface area (Å²) in [5, 5.41) is 0. The van der Waals surface area contributed by atoms with Crippen LogP contribution in [0, 0.1) is 0 Å². The molecule has 3 aromatic carbocycles. The highest BCUT2D eigenvalue weighted by atomic mass is 16.2. The molecule has 0 spiro atoms.